The molecule has 1 aromatic carbocycles. The fraction of sp³-hybridized carbons (Fsp3) is 0.429. The van der Waals surface area contributed by atoms with Gasteiger partial charge in [0.1, 0.15) is 0 Å². The van der Waals surface area contributed by atoms with Crippen LogP contribution in [0.15, 0.2) is 18.2 Å². The normalized spacial score (nSPS) is 22.1. The number of thioether (sulfide) groups is 1. The van der Waals surface area contributed by atoms with E-state index in [9.17, 15) is 9.59 Å². The van der Waals surface area contributed by atoms with Gasteiger partial charge < -0.3 is 10.2 Å². The van der Waals surface area contributed by atoms with Crippen molar-refractivity contribution in [2.45, 2.75) is 19.4 Å². The Labute approximate surface area is 116 Å². The van der Waals surface area contributed by atoms with Crippen LogP contribution >= 0.6 is 11.8 Å². The Kier molecular flexibility index (Phi) is 3.22. The lowest BCUT2D eigenvalue weighted by molar-refractivity contribution is -0.115. The molecule has 0 bridgehead atoms. The van der Waals surface area contributed by atoms with E-state index in [0.717, 1.165) is 29.3 Å². The van der Waals surface area contributed by atoms with Crippen LogP contribution in [0.5, 0.6) is 0 Å². The Hall–Kier alpha value is -1.49. The van der Waals surface area contributed by atoms with Gasteiger partial charge in [-0.05, 0) is 24.6 Å². The highest BCUT2D eigenvalue weighted by Gasteiger charge is 2.26. The van der Waals surface area contributed by atoms with Gasteiger partial charge in [-0.25, -0.2) is 0 Å². The molecule has 0 aromatic heterocycles. The van der Waals surface area contributed by atoms with Crippen molar-refractivity contribution in [1.82, 2.24) is 4.90 Å². The minimum atomic E-state index is 0.00217. The minimum Gasteiger partial charge on any atom is -0.334 e. The number of fused-ring (bicyclic) bond motifs is 1. The summed E-state index contributed by atoms with van der Waals surface area (Å²) < 4.78 is 0. The number of nitrogens with one attached hydrogen (secondary N) is 1. The molecule has 0 saturated carbocycles. The van der Waals surface area contributed by atoms with Crippen LogP contribution in [0.4, 0.5) is 5.69 Å². The predicted octanol–water partition coefficient (Wildman–Crippen LogP) is 1.76. The molecule has 3 rings (SSSR count). The van der Waals surface area contributed by atoms with Gasteiger partial charge in [0.2, 0.25) is 5.91 Å². The molecule has 2 aliphatic rings. The maximum absolute atomic E-state index is 12.5. The van der Waals surface area contributed by atoms with Gasteiger partial charge in [0.25, 0.3) is 5.91 Å². The summed E-state index contributed by atoms with van der Waals surface area (Å²) in [6.07, 6.45) is 0.417. The first-order valence-corrected chi connectivity index (χ1v) is 7.62. The van der Waals surface area contributed by atoms with Gasteiger partial charge >= 0.3 is 0 Å². The lowest BCUT2D eigenvalue weighted by Crippen LogP contribution is -2.44. The molecule has 19 heavy (non-hydrogen) atoms. The van der Waals surface area contributed by atoms with Crippen molar-refractivity contribution in [1.29, 1.82) is 0 Å². The molecule has 1 N–H and O–H groups in total. The first-order valence-electron chi connectivity index (χ1n) is 6.46. The van der Waals surface area contributed by atoms with E-state index in [2.05, 4.69) is 12.2 Å². The third-order valence-corrected chi connectivity index (χ3v) is 4.80. The summed E-state index contributed by atoms with van der Waals surface area (Å²) >= 11 is 1.89. The number of nitrogens with zero attached hydrogens (tertiary/aromatic N) is 1. The molecule has 5 heteroatoms. The van der Waals surface area contributed by atoms with E-state index in [1.54, 1.807) is 6.07 Å². The molecule has 0 radical (unpaired) electrons. The first kappa shape index (κ1) is 12.5. The van der Waals surface area contributed by atoms with Crippen LogP contribution in [-0.2, 0) is 11.2 Å². The third kappa shape index (κ3) is 2.34. The number of hydrogen-bond acceptors (Lipinski definition) is 3. The van der Waals surface area contributed by atoms with E-state index in [0.29, 0.717) is 12.0 Å². The lowest BCUT2D eigenvalue weighted by atomic mass is 10.1. The summed E-state index contributed by atoms with van der Waals surface area (Å²) in [4.78, 5) is 25.7. The van der Waals surface area contributed by atoms with Gasteiger partial charge in [0.15, 0.2) is 0 Å². The predicted molar refractivity (Wildman–Crippen MR) is 76.6 cm³/mol. The maximum atomic E-state index is 12.5. The Morgan fingerprint density at radius 2 is 2.32 bits per heavy atom. The highest BCUT2D eigenvalue weighted by molar-refractivity contribution is 7.99. The number of hydrogen-bond donors (Lipinski definition) is 1. The van der Waals surface area contributed by atoms with Gasteiger partial charge in [-0.15, -0.1) is 0 Å². The van der Waals surface area contributed by atoms with Crippen LogP contribution in [-0.4, -0.2) is 40.8 Å². The molecule has 1 unspecified atom stereocenters. The van der Waals surface area contributed by atoms with Crippen molar-refractivity contribution < 1.29 is 9.59 Å². The SMILES string of the molecule is CC1CSCCN1C(=O)c1ccc2c(c1)NC(=O)C2. The summed E-state index contributed by atoms with van der Waals surface area (Å²) in [6.45, 7) is 2.88. The summed E-state index contributed by atoms with van der Waals surface area (Å²) in [7, 11) is 0. The second kappa shape index (κ2) is 4.89. The number of rotatable bonds is 1. The van der Waals surface area contributed by atoms with Gasteiger partial charge in [-0.2, -0.15) is 11.8 Å². The smallest absolute Gasteiger partial charge is 0.254 e. The van der Waals surface area contributed by atoms with Crippen LogP contribution in [0.25, 0.3) is 0 Å². The molecule has 0 spiro atoms. The van der Waals surface area contributed by atoms with Crippen molar-refractivity contribution in [2.75, 3.05) is 23.4 Å². The van der Waals surface area contributed by atoms with Crippen molar-refractivity contribution in [3.05, 3.63) is 29.3 Å². The molecular weight excluding hydrogens is 260 g/mol. The van der Waals surface area contributed by atoms with Gasteiger partial charge in [-0.3, -0.25) is 9.59 Å². The van der Waals surface area contributed by atoms with Gasteiger partial charge in [0.05, 0.1) is 6.42 Å². The molecule has 1 aromatic rings. The second-order valence-electron chi connectivity index (χ2n) is 5.02. The van der Waals surface area contributed by atoms with E-state index < -0.39 is 0 Å². The molecule has 2 amide bonds. The maximum Gasteiger partial charge on any atom is 0.254 e. The van der Waals surface area contributed by atoms with E-state index in [1.807, 2.05) is 28.8 Å². The van der Waals surface area contributed by atoms with Gasteiger partial charge in [0, 0.05) is 35.3 Å². The molecule has 100 valence electrons. The number of carbonyl (C=O) groups is 2. The highest BCUT2D eigenvalue weighted by Crippen LogP contribution is 2.26. The lowest BCUT2D eigenvalue weighted by Gasteiger charge is -2.33. The summed E-state index contributed by atoms with van der Waals surface area (Å²) in [5, 5.41) is 2.79. The summed E-state index contributed by atoms with van der Waals surface area (Å²) in [6, 6.07) is 5.78. The van der Waals surface area contributed by atoms with Crippen molar-refractivity contribution in [2.24, 2.45) is 0 Å². The second-order valence-corrected chi connectivity index (χ2v) is 6.17. The van der Waals surface area contributed by atoms with Crippen LogP contribution < -0.4 is 5.32 Å². The average Bonchev–Trinajstić information content (AvgIpc) is 2.77. The molecule has 2 heterocycles. The number of carbonyl (C=O) groups excluding carboxylic acids is 2. The monoisotopic (exact) mass is 276 g/mol. The fourth-order valence-corrected chi connectivity index (χ4v) is 3.56. The van der Waals surface area contributed by atoms with Crippen LogP contribution in [0, 0.1) is 0 Å². The highest BCUT2D eigenvalue weighted by atomic mass is 32.2. The van der Waals surface area contributed by atoms with Crippen molar-refractivity contribution in [3.8, 4) is 0 Å². The summed E-state index contributed by atoms with van der Waals surface area (Å²) in [5.41, 5.74) is 2.43. The molecular formula is C14H16N2O2S. The standard InChI is InChI=1S/C14H16N2O2S/c1-9-8-19-5-4-16(9)14(18)11-3-2-10-7-13(17)15-12(10)6-11/h2-3,6,9H,4-5,7-8H2,1H3,(H,15,17). The van der Waals surface area contributed by atoms with E-state index in [-0.39, 0.29) is 17.9 Å². The quantitative estimate of drug-likeness (QED) is 0.850. The van der Waals surface area contributed by atoms with Crippen LogP contribution in [0.3, 0.4) is 0 Å². The zero-order valence-corrected chi connectivity index (χ0v) is 11.6. The zero-order chi connectivity index (χ0) is 13.4. The molecule has 2 aliphatic heterocycles. The van der Waals surface area contributed by atoms with Crippen molar-refractivity contribution in [3.63, 3.8) is 0 Å². The van der Waals surface area contributed by atoms with E-state index in [1.165, 1.54) is 0 Å². The topological polar surface area (TPSA) is 49.4 Å². The Morgan fingerprint density at radius 1 is 1.47 bits per heavy atom. The molecule has 1 atom stereocenters. The molecule has 1 fully saturated rings. The number of anilines is 1. The molecule has 1 saturated heterocycles. The largest absolute Gasteiger partial charge is 0.334 e. The Morgan fingerprint density at radius 3 is 3.11 bits per heavy atom. The zero-order valence-electron chi connectivity index (χ0n) is 10.8. The third-order valence-electron chi connectivity index (χ3n) is 3.61. The Balaban J connectivity index is 1.84. The summed E-state index contributed by atoms with van der Waals surface area (Å²) in [5.74, 6) is 2.06. The molecule has 0 aliphatic carbocycles. The first-order chi connectivity index (χ1) is 9.15. The minimum absolute atomic E-state index is 0.00217. The fourth-order valence-electron chi connectivity index (χ4n) is 2.54. The van der Waals surface area contributed by atoms with Gasteiger partial charge in [-0.1, -0.05) is 6.07 Å². The molecule has 4 nitrogen and oxygen atoms in total. The Bertz CT molecular complexity index is 544. The van der Waals surface area contributed by atoms with Crippen LogP contribution in [0.2, 0.25) is 0 Å². The van der Waals surface area contributed by atoms with Crippen molar-refractivity contribution >= 4 is 29.3 Å². The average molecular weight is 276 g/mol. The number of amides is 2. The van der Waals surface area contributed by atoms with E-state index >= 15 is 0 Å². The van der Waals surface area contributed by atoms with Crippen LogP contribution in [0.1, 0.15) is 22.8 Å². The number of benzene rings is 1. The van der Waals surface area contributed by atoms with E-state index in [4.69, 9.17) is 0 Å².